The zero-order valence-electron chi connectivity index (χ0n) is 19.1. The summed E-state index contributed by atoms with van der Waals surface area (Å²) in [6.07, 6.45) is 5.70. The van der Waals surface area contributed by atoms with Crippen molar-refractivity contribution in [2.75, 3.05) is 0 Å². The number of piperidine rings is 2. The lowest BCUT2D eigenvalue weighted by molar-refractivity contribution is -0.0903. The second-order valence-corrected chi connectivity index (χ2v) is 9.29. The van der Waals surface area contributed by atoms with E-state index in [4.69, 9.17) is 4.74 Å². The topological polar surface area (TPSA) is 49.8 Å². The molecule has 2 aromatic rings. The highest BCUT2D eigenvalue weighted by Gasteiger charge is 2.49. The van der Waals surface area contributed by atoms with Gasteiger partial charge in [0.05, 0.1) is 5.60 Å². The maximum atomic E-state index is 13.0. The van der Waals surface area contributed by atoms with Gasteiger partial charge >= 0.3 is 6.09 Å². The average Bonchev–Trinajstić information content (AvgIpc) is 2.76. The second kappa shape index (κ2) is 9.04. The fraction of sp³-hybridized carbons (Fsp3) is 0.519. The summed E-state index contributed by atoms with van der Waals surface area (Å²) in [5.41, 5.74) is 4.99. The molecule has 0 aromatic heterocycles. The Hall–Kier alpha value is -2.33. The zero-order valence-corrected chi connectivity index (χ0v) is 19.1. The van der Waals surface area contributed by atoms with Crippen molar-refractivity contribution in [3.63, 3.8) is 0 Å². The Labute approximate surface area is 186 Å². The molecule has 4 heteroatoms. The van der Waals surface area contributed by atoms with Crippen molar-refractivity contribution in [3.05, 3.63) is 70.3 Å². The molecule has 2 atom stereocenters. The van der Waals surface area contributed by atoms with Gasteiger partial charge in [0, 0.05) is 24.9 Å². The van der Waals surface area contributed by atoms with Crippen molar-refractivity contribution < 1.29 is 14.6 Å². The van der Waals surface area contributed by atoms with E-state index in [1.54, 1.807) is 0 Å². The molecule has 166 valence electrons. The monoisotopic (exact) mass is 421 g/mol. The first-order valence-corrected chi connectivity index (χ1v) is 11.8. The van der Waals surface area contributed by atoms with Crippen molar-refractivity contribution in [3.8, 4) is 0 Å². The highest BCUT2D eigenvalue weighted by molar-refractivity contribution is 5.69. The van der Waals surface area contributed by atoms with Crippen molar-refractivity contribution in [2.45, 2.75) is 90.0 Å². The Bertz CT molecular complexity index is 884. The summed E-state index contributed by atoms with van der Waals surface area (Å²) in [6.45, 7) is 6.75. The molecule has 2 heterocycles. The lowest BCUT2D eigenvalue weighted by Crippen LogP contribution is -2.59. The summed E-state index contributed by atoms with van der Waals surface area (Å²) in [7, 11) is 0. The van der Waals surface area contributed by atoms with Gasteiger partial charge in [-0.15, -0.1) is 0 Å². The third kappa shape index (κ3) is 4.36. The first kappa shape index (κ1) is 21.9. The molecule has 4 rings (SSSR count). The van der Waals surface area contributed by atoms with Crippen LogP contribution in [0.2, 0.25) is 0 Å². The predicted octanol–water partition coefficient (Wildman–Crippen LogP) is 5.66. The highest BCUT2D eigenvalue weighted by Crippen LogP contribution is 2.47. The number of carbonyl (C=O) groups is 1. The third-order valence-electron chi connectivity index (χ3n) is 7.10. The van der Waals surface area contributed by atoms with E-state index in [0.717, 1.165) is 43.2 Å². The number of amides is 1. The first-order valence-electron chi connectivity index (χ1n) is 11.8. The van der Waals surface area contributed by atoms with Gasteiger partial charge in [0.2, 0.25) is 0 Å². The van der Waals surface area contributed by atoms with Crippen LogP contribution < -0.4 is 0 Å². The Morgan fingerprint density at radius 2 is 1.65 bits per heavy atom. The van der Waals surface area contributed by atoms with Crippen LogP contribution in [0.15, 0.2) is 42.5 Å². The molecule has 2 aliphatic heterocycles. The van der Waals surface area contributed by atoms with Crippen molar-refractivity contribution in [1.29, 1.82) is 0 Å². The van der Waals surface area contributed by atoms with Gasteiger partial charge in [0.15, 0.2) is 0 Å². The van der Waals surface area contributed by atoms with Gasteiger partial charge in [-0.2, -0.15) is 0 Å². The molecule has 2 aliphatic rings. The standard InChI is InChI=1S/C27H35NO3/c1-4-21-14-19(3)15-22(5-2)25(21)27(30)16-23-12-9-13-24(17-27)28(23)26(29)31-18-20-10-7-6-8-11-20/h6-8,10-11,14-15,23-24,30H,4-5,9,12-13,16-18H2,1-3H3. The minimum absolute atomic E-state index is 0.0245. The summed E-state index contributed by atoms with van der Waals surface area (Å²) in [5, 5.41) is 12.0. The molecule has 0 aliphatic carbocycles. The molecule has 0 spiro atoms. The zero-order chi connectivity index (χ0) is 22.0. The van der Waals surface area contributed by atoms with Gasteiger partial charge in [-0.1, -0.05) is 61.9 Å². The van der Waals surface area contributed by atoms with E-state index in [2.05, 4.69) is 32.9 Å². The molecule has 1 N–H and O–H groups in total. The van der Waals surface area contributed by atoms with Gasteiger partial charge in [-0.3, -0.25) is 0 Å². The van der Waals surface area contributed by atoms with Gasteiger partial charge in [0.25, 0.3) is 0 Å². The van der Waals surface area contributed by atoms with E-state index in [-0.39, 0.29) is 24.8 Å². The summed E-state index contributed by atoms with van der Waals surface area (Å²) in [5.74, 6) is 0. The number of ether oxygens (including phenoxy) is 1. The van der Waals surface area contributed by atoms with E-state index >= 15 is 0 Å². The van der Waals surface area contributed by atoms with Gasteiger partial charge in [0.1, 0.15) is 6.61 Å². The molecule has 4 nitrogen and oxygen atoms in total. The Morgan fingerprint density at radius 1 is 1.06 bits per heavy atom. The molecule has 1 amide bonds. The SMILES string of the molecule is CCc1cc(C)cc(CC)c1C1(O)CC2CCCC(C1)N2C(=O)OCc1ccccc1. The molecule has 2 bridgehead atoms. The third-order valence-corrected chi connectivity index (χ3v) is 7.10. The number of aliphatic hydroxyl groups is 1. The van der Waals surface area contributed by atoms with Gasteiger partial charge < -0.3 is 14.7 Å². The van der Waals surface area contributed by atoms with Crippen LogP contribution in [0.3, 0.4) is 0 Å². The maximum absolute atomic E-state index is 13.0. The van der Waals surface area contributed by atoms with E-state index in [1.165, 1.54) is 16.7 Å². The van der Waals surface area contributed by atoms with Crippen molar-refractivity contribution in [2.24, 2.45) is 0 Å². The normalized spacial score (nSPS) is 25.4. The minimum Gasteiger partial charge on any atom is -0.445 e. The molecule has 0 saturated carbocycles. The molecule has 2 fully saturated rings. The fourth-order valence-corrected chi connectivity index (χ4v) is 5.82. The number of aryl methyl sites for hydroxylation is 3. The average molecular weight is 422 g/mol. The van der Waals surface area contributed by atoms with E-state index in [9.17, 15) is 9.90 Å². The number of nitrogens with zero attached hydrogens (tertiary/aromatic N) is 1. The summed E-state index contributed by atoms with van der Waals surface area (Å²) >= 11 is 0. The Balaban J connectivity index is 1.58. The van der Waals surface area contributed by atoms with Crippen LogP contribution in [0.25, 0.3) is 0 Å². The number of hydrogen-bond donors (Lipinski definition) is 1. The highest BCUT2D eigenvalue weighted by atomic mass is 16.6. The van der Waals surface area contributed by atoms with Crippen LogP contribution in [0.5, 0.6) is 0 Å². The maximum Gasteiger partial charge on any atom is 0.410 e. The molecule has 2 saturated heterocycles. The largest absolute Gasteiger partial charge is 0.445 e. The van der Waals surface area contributed by atoms with Crippen LogP contribution in [0.4, 0.5) is 4.79 Å². The van der Waals surface area contributed by atoms with E-state index in [0.29, 0.717) is 12.8 Å². The number of fused-ring (bicyclic) bond motifs is 2. The molecular weight excluding hydrogens is 386 g/mol. The summed E-state index contributed by atoms with van der Waals surface area (Å²) < 4.78 is 5.69. The number of rotatable bonds is 5. The van der Waals surface area contributed by atoms with Crippen LogP contribution >= 0.6 is 0 Å². The van der Waals surface area contributed by atoms with Crippen molar-refractivity contribution >= 4 is 6.09 Å². The molecular formula is C27H35NO3. The molecule has 31 heavy (non-hydrogen) atoms. The number of hydrogen-bond acceptors (Lipinski definition) is 3. The second-order valence-electron chi connectivity index (χ2n) is 9.29. The minimum atomic E-state index is -0.879. The summed E-state index contributed by atoms with van der Waals surface area (Å²) in [4.78, 5) is 15.0. The van der Waals surface area contributed by atoms with Crippen LogP contribution in [0.1, 0.15) is 73.8 Å². The summed E-state index contributed by atoms with van der Waals surface area (Å²) in [6, 6.07) is 14.3. The smallest absolute Gasteiger partial charge is 0.410 e. The first-order chi connectivity index (χ1) is 14.9. The van der Waals surface area contributed by atoms with Crippen LogP contribution in [0, 0.1) is 6.92 Å². The lowest BCUT2D eigenvalue weighted by Gasteiger charge is -2.52. The quantitative estimate of drug-likeness (QED) is 0.677. The van der Waals surface area contributed by atoms with Crippen LogP contribution in [-0.4, -0.2) is 28.2 Å². The number of benzene rings is 2. The number of carbonyl (C=O) groups excluding carboxylic acids is 1. The fourth-order valence-electron chi connectivity index (χ4n) is 5.82. The van der Waals surface area contributed by atoms with Gasteiger partial charge in [-0.25, -0.2) is 4.79 Å². The lowest BCUT2D eigenvalue weighted by atomic mass is 9.70. The molecule has 2 unspecified atom stereocenters. The van der Waals surface area contributed by atoms with E-state index in [1.807, 2.05) is 35.2 Å². The Morgan fingerprint density at radius 3 is 2.19 bits per heavy atom. The molecule has 0 radical (unpaired) electrons. The van der Waals surface area contributed by atoms with Gasteiger partial charge in [-0.05, 0) is 61.3 Å². The van der Waals surface area contributed by atoms with Crippen LogP contribution in [-0.2, 0) is 29.8 Å². The molecule has 2 aromatic carbocycles. The Kier molecular flexibility index (Phi) is 6.38. The van der Waals surface area contributed by atoms with E-state index < -0.39 is 5.60 Å². The predicted molar refractivity (Wildman–Crippen MR) is 123 cm³/mol. The van der Waals surface area contributed by atoms with Crippen molar-refractivity contribution in [1.82, 2.24) is 4.90 Å².